The van der Waals surface area contributed by atoms with Crippen LogP contribution in [0.4, 0.5) is 4.79 Å². The molecule has 5 heteroatoms. The molecule has 108 valence electrons. The molecule has 1 rings (SSSR count). The molecule has 0 bridgehead atoms. The third kappa shape index (κ3) is 5.14. The molecule has 5 nitrogen and oxygen atoms in total. The van der Waals surface area contributed by atoms with Crippen molar-refractivity contribution < 1.29 is 23.8 Å². The number of benzene rings is 1. The number of esters is 1. The number of carbonyl (C=O) groups is 2. The van der Waals surface area contributed by atoms with Gasteiger partial charge in [-0.1, -0.05) is 24.8 Å². The van der Waals surface area contributed by atoms with Crippen LogP contribution in [0, 0.1) is 0 Å². The molecule has 0 amide bonds. The van der Waals surface area contributed by atoms with Crippen LogP contribution < -0.4 is 4.74 Å². The highest BCUT2D eigenvalue weighted by Gasteiger charge is 2.28. The van der Waals surface area contributed by atoms with Crippen LogP contribution >= 0.6 is 0 Å². The zero-order valence-corrected chi connectivity index (χ0v) is 11.8. The van der Waals surface area contributed by atoms with Gasteiger partial charge in [0, 0.05) is 0 Å². The molecule has 20 heavy (non-hydrogen) atoms. The molecule has 0 unspecified atom stereocenters. The molecule has 0 atom stereocenters. The van der Waals surface area contributed by atoms with Crippen LogP contribution in [0.3, 0.4) is 0 Å². The topological polar surface area (TPSA) is 61.8 Å². The fourth-order valence-corrected chi connectivity index (χ4v) is 1.47. The third-order valence-electron chi connectivity index (χ3n) is 2.47. The van der Waals surface area contributed by atoms with Crippen molar-refractivity contribution in [1.29, 1.82) is 0 Å². The van der Waals surface area contributed by atoms with Crippen LogP contribution in [-0.2, 0) is 14.3 Å². The lowest BCUT2D eigenvalue weighted by atomic mass is 10.1. The lowest BCUT2D eigenvalue weighted by molar-refractivity contribution is -0.145. The third-order valence-corrected chi connectivity index (χ3v) is 2.47. The van der Waals surface area contributed by atoms with Crippen LogP contribution in [0.25, 0.3) is 6.08 Å². The van der Waals surface area contributed by atoms with Crippen LogP contribution in [-0.4, -0.2) is 24.8 Å². The summed E-state index contributed by atoms with van der Waals surface area (Å²) in [5.74, 6) is -0.104. The summed E-state index contributed by atoms with van der Waals surface area (Å²) in [5, 5.41) is 0. The van der Waals surface area contributed by atoms with E-state index < -0.39 is 17.7 Å². The summed E-state index contributed by atoms with van der Waals surface area (Å²) in [6.45, 7) is 6.84. The van der Waals surface area contributed by atoms with Gasteiger partial charge in [-0.05, 0) is 31.5 Å². The molecule has 0 heterocycles. The van der Waals surface area contributed by atoms with E-state index in [0.29, 0.717) is 5.75 Å². The summed E-state index contributed by atoms with van der Waals surface area (Å²) >= 11 is 0. The number of hydrogen-bond acceptors (Lipinski definition) is 5. The lowest BCUT2D eigenvalue weighted by Crippen LogP contribution is -2.32. The molecular weight excluding hydrogens is 260 g/mol. The van der Waals surface area contributed by atoms with Crippen LogP contribution in [0.5, 0.6) is 5.75 Å². The summed E-state index contributed by atoms with van der Waals surface area (Å²) < 4.78 is 14.6. The fraction of sp³-hybridized carbons (Fsp3) is 0.333. The van der Waals surface area contributed by atoms with Crippen molar-refractivity contribution in [2.75, 3.05) is 7.11 Å². The molecule has 0 N–H and O–H groups in total. The fourth-order valence-electron chi connectivity index (χ4n) is 1.47. The average molecular weight is 278 g/mol. The first-order chi connectivity index (χ1) is 9.36. The second kappa shape index (κ2) is 6.75. The van der Waals surface area contributed by atoms with Gasteiger partial charge in [0.1, 0.15) is 11.4 Å². The smallest absolute Gasteiger partial charge is 0.469 e. The van der Waals surface area contributed by atoms with Gasteiger partial charge < -0.3 is 14.2 Å². The Bertz CT molecular complexity index is 487. The van der Waals surface area contributed by atoms with Gasteiger partial charge in [0.25, 0.3) is 0 Å². The normalized spacial score (nSPS) is 10.6. The standard InChI is InChI=1S/C15H18O5/c1-5-11-6-8-12(9-7-11)19-14(17)20-15(2,3)10-13(16)18-4/h5-9H,1,10H2,2-4H3. The molecule has 1 aromatic rings. The zero-order chi connectivity index (χ0) is 15.2. The van der Waals surface area contributed by atoms with E-state index in [4.69, 9.17) is 9.47 Å². The van der Waals surface area contributed by atoms with Crippen molar-refractivity contribution in [3.8, 4) is 5.75 Å². The number of rotatable bonds is 5. The molecular formula is C15H18O5. The Morgan fingerprint density at radius 2 is 1.85 bits per heavy atom. The Morgan fingerprint density at radius 1 is 1.25 bits per heavy atom. The first-order valence-electron chi connectivity index (χ1n) is 6.06. The Hall–Kier alpha value is -2.30. The van der Waals surface area contributed by atoms with Gasteiger partial charge in [-0.15, -0.1) is 0 Å². The summed E-state index contributed by atoms with van der Waals surface area (Å²) in [7, 11) is 1.28. The van der Waals surface area contributed by atoms with E-state index in [0.717, 1.165) is 5.56 Å². The summed E-state index contributed by atoms with van der Waals surface area (Å²) in [6.07, 6.45) is 0.764. The minimum atomic E-state index is -0.995. The van der Waals surface area contributed by atoms with E-state index >= 15 is 0 Å². The zero-order valence-electron chi connectivity index (χ0n) is 11.8. The summed E-state index contributed by atoms with van der Waals surface area (Å²) in [6, 6.07) is 6.78. The second-order valence-electron chi connectivity index (χ2n) is 4.74. The average Bonchev–Trinajstić information content (AvgIpc) is 2.38. The molecule has 0 saturated carbocycles. The number of hydrogen-bond donors (Lipinski definition) is 0. The Morgan fingerprint density at radius 3 is 2.35 bits per heavy atom. The maximum atomic E-state index is 11.6. The molecule has 0 aliphatic carbocycles. The Balaban J connectivity index is 2.57. The lowest BCUT2D eigenvalue weighted by Gasteiger charge is -2.22. The molecule has 0 fully saturated rings. The van der Waals surface area contributed by atoms with Crippen molar-refractivity contribution in [3.05, 3.63) is 36.4 Å². The van der Waals surface area contributed by atoms with E-state index in [-0.39, 0.29) is 6.42 Å². The first-order valence-corrected chi connectivity index (χ1v) is 6.06. The predicted molar refractivity (Wildman–Crippen MR) is 74.4 cm³/mol. The van der Waals surface area contributed by atoms with Gasteiger partial charge in [-0.25, -0.2) is 4.79 Å². The van der Waals surface area contributed by atoms with Gasteiger partial charge in [0.2, 0.25) is 0 Å². The van der Waals surface area contributed by atoms with Crippen molar-refractivity contribution in [2.24, 2.45) is 0 Å². The monoisotopic (exact) mass is 278 g/mol. The van der Waals surface area contributed by atoms with Gasteiger partial charge in [0.05, 0.1) is 13.5 Å². The molecule has 0 aliphatic heterocycles. The van der Waals surface area contributed by atoms with E-state index in [1.807, 2.05) is 0 Å². The van der Waals surface area contributed by atoms with Gasteiger partial charge >= 0.3 is 12.1 Å². The largest absolute Gasteiger partial charge is 0.514 e. The summed E-state index contributed by atoms with van der Waals surface area (Å²) in [4.78, 5) is 22.8. The highest BCUT2D eigenvalue weighted by molar-refractivity contribution is 5.71. The SMILES string of the molecule is C=Cc1ccc(OC(=O)OC(C)(C)CC(=O)OC)cc1. The van der Waals surface area contributed by atoms with Gasteiger partial charge in [-0.2, -0.15) is 0 Å². The van der Waals surface area contributed by atoms with Gasteiger partial charge in [0.15, 0.2) is 0 Å². The quantitative estimate of drug-likeness (QED) is 0.611. The maximum absolute atomic E-state index is 11.6. The molecule has 0 saturated heterocycles. The minimum Gasteiger partial charge on any atom is -0.469 e. The molecule has 0 aromatic heterocycles. The number of ether oxygens (including phenoxy) is 3. The van der Waals surface area contributed by atoms with Crippen LogP contribution in [0.2, 0.25) is 0 Å². The van der Waals surface area contributed by atoms with E-state index in [9.17, 15) is 9.59 Å². The first kappa shape index (κ1) is 15.8. The molecule has 0 spiro atoms. The van der Waals surface area contributed by atoms with E-state index in [1.54, 1.807) is 44.2 Å². The van der Waals surface area contributed by atoms with Crippen molar-refractivity contribution in [3.63, 3.8) is 0 Å². The highest BCUT2D eigenvalue weighted by atomic mass is 16.7. The maximum Gasteiger partial charge on any atom is 0.514 e. The molecule has 1 aromatic carbocycles. The van der Waals surface area contributed by atoms with E-state index in [2.05, 4.69) is 11.3 Å². The van der Waals surface area contributed by atoms with Crippen LogP contribution in [0.1, 0.15) is 25.8 Å². The van der Waals surface area contributed by atoms with Crippen LogP contribution in [0.15, 0.2) is 30.8 Å². The highest BCUT2D eigenvalue weighted by Crippen LogP contribution is 2.18. The number of carbonyl (C=O) groups excluding carboxylic acids is 2. The molecule has 0 radical (unpaired) electrons. The predicted octanol–water partition coefficient (Wildman–Crippen LogP) is 3.19. The Kier molecular flexibility index (Phi) is 5.32. The summed E-state index contributed by atoms with van der Waals surface area (Å²) in [5.41, 5.74) is -0.0812. The van der Waals surface area contributed by atoms with Crippen molar-refractivity contribution >= 4 is 18.2 Å². The Labute approximate surface area is 118 Å². The van der Waals surface area contributed by atoms with Crippen molar-refractivity contribution in [2.45, 2.75) is 25.9 Å². The second-order valence-corrected chi connectivity index (χ2v) is 4.74. The minimum absolute atomic E-state index is 0.0476. The van der Waals surface area contributed by atoms with E-state index in [1.165, 1.54) is 7.11 Å². The molecule has 0 aliphatic rings. The van der Waals surface area contributed by atoms with Crippen molar-refractivity contribution in [1.82, 2.24) is 0 Å². The number of methoxy groups -OCH3 is 1. The van der Waals surface area contributed by atoms with Gasteiger partial charge in [-0.3, -0.25) is 4.79 Å².